The molecular formula is C14H20N2O2S. The van der Waals surface area contributed by atoms with Crippen LogP contribution >= 0.6 is 11.8 Å². The van der Waals surface area contributed by atoms with Gasteiger partial charge in [0.05, 0.1) is 5.75 Å². The van der Waals surface area contributed by atoms with Crippen molar-refractivity contribution in [3.8, 4) is 0 Å². The number of thioether (sulfide) groups is 1. The van der Waals surface area contributed by atoms with Gasteiger partial charge < -0.3 is 10.6 Å². The van der Waals surface area contributed by atoms with Gasteiger partial charge in [-0.05, 0) is 12.1 Å². The SMILES string of the molecule is CC(C)C(=O)NCCNC(=O)CSc1ccccc1. The van der Waals surface area contributed by atoms with Gasteiger partial charge in [0, 0.05) is 23.9 Å². The fourth-order valence-electron chi connectivity index (χ4n) is 1.31. The molecule has 0 radical (unpaired) electrons. The van der Waals surface area contributed by atoms with Gasteiger partial charge in [0.25, 0.3) is 0 Å². The fourth-order valence-corrected chi connectivity index (χ4v) is 2.06. The highest BCUT2D eigenvalue weighted by atomic mass is 32.2. The maximum absolute atomic E-state index is 11.6. The van der Waals surface area contributed by atoms with Crippen LogP contribution in [0, 0.1) is 5.92 Å². The van der Waals surface area contributed by atoms with E-state index in [9.17, 15) is 9.59 Å². The molecule has 1 aromatic rings. The minimum Gasteiger partial charge on any atom is -0.354 e. The highest BCUT2D eigenvalue weighted by Crippen LogP contribution is 2.15. The average molecular weight is 280 g/mol. The van der Waals surface area contributed by atoms with Crippen LogP contribution < -0.4 is 10.6 Å². The number of amides is 2. The molecule has 0 aliphatic rings. The molecule has 0 bridgehead atoms. The summed E-state index contributed by atoms with van der Waals surface area (Å²) in [5, 5.41) is 5.52. The van der Waals surface area contributed by atoms with Crippen molar-refractivity contribution in [1.29, 1.82) is 0 Å². The Labute approximate surface area is 118 Å². The minimum atomic E-state index is -0.0238. The Morgan fingerprint density at radius 2 is 1.74 bits per heavy atom. The van der Waals surface area contributed by atoms with Gasteiger partial charge in [-0.15, -0.1) is 11.8 Å². The number of rotatable bonds is 7. The Morgan fingerprint density at radius 1 is 1.11 bits per heavy atom. The van der Waals surface area contributed by atoms with Crippen molar-refractivity contribution in [3.63, 3.8) is 0 Å². The Morgan fingerprint density at radius 3 is 2.37 bits per heavy atom. The zero-order chi connectivity index (χ0) is 14.1. The number of carbonyl (C=O) groups excluding carboxylic acids is 2. The molecule has 0 aliphatic carbocycles. The van der Waals surface area contributed by atoms with E-state index in [1.54, 1.807) is 0 Å². The summed E-state index contributed by atoms with van der Waals surface area (Å²) in [5.41, 5.74) is 0. The lowest BCUT2D eigenvalue weighted by molar-refractivity contribution is -0.124. The highest BCUT2D eigenvalue weighted by Gasteiger charge is 2.06. The first-order valence-electron chi connectivity index (χ1n) is 6.32. The van der Waals surface area contributed by atoms with Crippen molar-refractivity contribution >= 4 is 23.6 Å². The molecule has 0 fully saturated rings. The molecule has 0 spiro atoms. The van der Waals surface area contributed by atoms with Crippen molar-refractivity contribution in [1.82, 2.24) is 10.6 Å². The van der Waals surface area contributed by atoms with E-state index in [4.69, 9.17) is 0 Å². The molecule has 0 unspecified atom stereocenters. The summed E-state index contributed by atoms with van der Waals surface area (Å²) < 4.78 is 0. The molecule has 4 nitrogen and oxygen atoms in total. The van der Waals surface area contributed by atoms with E-state index < -0.39 is 0 Å². The molecule has 1 rings (SSSR count). The van der Waals surface area contributed by atoms with Gasteiger partial charge in [0.15, 0.2) is 0 Å². The van der Waals surface area contributed by atoms with Gasteiger partial charge in [-0.1, -0.05) is 32.0 Å². The first-order valence-corrected chi connectivity index (χ1v) is 7.30. The van der Waals surface area contributed by atoms with E-state index in [2.05, 4.69) is 10.6 Å². The Bertz CT molecular complexity index is 407. The number of carbonyl (C=O) groups is 2. The summed E-state index contributed by atoms with van der Waals surface area (Å²) in [6, 6.07) is 9.78. The first kappa shape index (κ1) is 15.6. The smallest absolute Gasteiger partial charge is 0.230 e. The van der Waals surface area contributed by atoms with Gasteiger partial charge >= 0.3 is 0 Å². The molecule has 1 aromatic carbocycles. The monoisotopic (exact) mass is 280 g/mol. The highest BCUT2D eigenvalue weighted by molar-refractivity contribution is 8.00. The van der Waals surface area contributed by atoms with Crippen molar-refractivity contribution in [2.75, 3.05) is 18.8 Å². The molecule has 0 aliphatic heterocycles. The van der Waals surface area contributed by atoms with Crippen molar-refractivity contribution in [2.24, 2.45) is 5.92 Å². The number of benzene rings is 1. The van der Waals surface area contributed by atoms with E-state index >= 15 is 0 Å². The summed E-state index contributed by atoms with van der Waals surface area (Å²) in [6.07, 6.45) is 0. The average Bonchev–Trinajstić information content (AvgIpc) is 2.42. The summed E-state index contributed by atoms with van der Waals surface area (Å²) in [7, 11) is 0. The van der Waals surface area contributed by atoms with E-state index in [0.29, 0.717) is 18.8 Å². The zero-order valence-electron chi connectivity index (χ0n) is 11.3. The van der Waals surface area contributed by atoms with Crippen LogP contribution in [0.25, 0.3) is 0 Å². The summed E-state index contributed by atoms with van der Waals surface area (Å²) >= 11 is 1.50. The normalized spacial score (nSPS) is 10.3. The molecule has 0 saturated heterocycles. The summed E-state index contributed by atoms with van der Waals surface area (Å²) in [5.74, 6) is 0.354. The lowest BCUT2D eigenvalue weighted by Gasteiger charge is -2.08. The standard InChI is InChI=1S/C14H20N2O2S/c1-11(2)14(18)16-9-8-15-13(17)10-19-12-6-4-3-5-7-12/h3-7,11H,8-10H2,1-2H3,(H,15,17)(H,16,18). The fraction of sp³-hybridized carbons (Fsp3) is 0.429. The lowest BCUT2D eigenvalue weighted by atomic mass is 10.2. The molecule has 19 heavy (non-hydrogen) atoms. The molecule has 0 saturated carbocycles. The quantitative estimate of drug-likeness (QED) is 0.590. The summed E-state index contributed by atoms with van der Waals surface area (Å²) in [4.78, 5) is 23.9. The van der Waals surface area contributed by atoms with Gasteiger partial charge in [0.2, 0.25) is 11.8 Å². The lowest BCUT2D eigenvalue weighted by Crippen LogP contribution is -2.36. The van der Waals surface area contributed by atoms with Crippen LogP contribution in [0.5, 0.6) is 0 Å². The van der Waals surface area contributed by atoms with Crippen molar-refractivity contribution in [2.45, 2.75) is 18.7 Å². The molecule has 104 valence electrons. The van der Waals surface area contributed by atoms with Gasteiger partial charge in [-0.2, -0.15) is 0 Å². The molecule has 2 N–H and O–H groups in total. The van der Waals surface area contributed by atoms with Crippen LogP contribution in [0.4, 0.5) is 0 Å². The first-order chi connectivity index (χ1) is 9.09. The van der Waals surface area contributed by atoms with Crippen LogP contribution in [0.15, 0.2) is 35.2 Å². The third-order valence-corrected chi connectivity index (χ3v) is 3.40. The number of hydrogen-bond acceptors (Lipinski definition) is 3. The molecule has 2 amide bonds. The molecule has 0 aromatic heterocycles. The predicted molar refractivity (Wildman–Crippen MR) is 78.0 cm³/mol. The van der Waals surface area contributed by atoms with Crippen LogP contribution in [0.3, 0.4) is 0 Å². The third kappa shape index (κ3) is 6.86. The minimum absolute atomic E-state index is 0.00732. The number of nitrogens with one attached hydrogen (secondary N) is 2. The van der Waals surface area contributed by atoms with Gasteiger partial charge in [0.1, 0.15) is 0 Å². The van der Waals surface area contributed by atoms with E-state index in [1.165, 1.54) is 11.8 Å². The van der Waals surface area contributed by atoms with Gasteiger partial charge in [-0.3, -0.25) is 9.59 Å². The second-order valence-corrected chi connectivity index (χ2v) is 5.45. The maximum Gasteiger partial charge on any atom is 0.230 e. The van der Waals surface area contributed by atoms with Gasteiger partial charge in [-0.25, -0.2) is 0 Å². The number of hydrogen-bond donors (Lipinski definition) is 2. The van der Waals surface area contributed by atoms with Crippen LogP contribution in [0.2, 0.25) is 0 Å². The zero-order valence-corrected chi connectivity index (χ0v) is 12.1. The molecule has 0 heterocycles. The van der Waals surface area contributed by atoms with Crippen molar-refractivity contribution < 1.29 is 9.59 Å². The van der Waals surface area contributed by atoms with Crippen LogP contribution in [-0.2, 0) is 9.59 Å². The second kappa shape index (κ2) is 8.58. The second-order valence-electron chi connectivity index (χ2n) is 4.40. The predicted octanol–water partition coefficient (Wildman–Crippen LogP) is 1.67. The van der Waals surface area contributed by atoms with Crippen LogP contribution in [-0.4, -0.2) is 30.7 Å². The van der Waals surface area contributed by atoms with E-state index in [1.807, 2.05) is 44.2 Å². The Hall–Kier alpha value is -1.49. The Balaban J connectivity index is 2.10. The molecule has 0 atom stereocenters. The molecule has 5 heteroatoms. The topological polar surface area (TPSA) is 58.2 Å². The van der Waals surface area contributed by atoms with Crippen molar-refractivity contribution in [3.05, 3.63) is 30.3 Å². The maximum atomic E-state index is 11.6. The van der Waals surface area contributed by atoms with Crippen LogP contribution in [0.1, 0.15) is 13.8 Å². The van der Waals surface area contributed by atoms with E-state index in [0.717, 1.165) is 4.90 Å². The largest absolute Gasteiger partial charge is 0.354 e. The third-order valence-electron chi connectivity index (χ3n) is 2.38. The molecular weight excluding hydrogens is 260 g/mol. The Kier molecular flexibility index (Phi) is 7.03. The summed E-state index contributed by atoms with van der Waals surface area (Å²) in [6.45, 7) is 4.61. The van der Waals surface area contributed by atoms with E-state index in [-0.39, 0.29) is 17.7 Å².